The molecule has 0 aliphatic heterocycles. The summed E-state index contributed by atoms with van der Waals surface area (Å²) >= 11 is 0. The first-order chi connectivity index (χ1) is 9.63. The van der Waals surface area contributed by atoms with Gasteiger partial charge in [-0.3, -0.25) is 9.20 Å². The van der Waals surface area contributed by atoms with Crippen LogP contribution in [0.4, 0.5) is 5.69 Å². The Labute approximate surface area is 114 Å². The standard InChI is InChI=1S/C13H16N4O3/c14-7-11-9(15)1-2-12-16-10(4-6-19)8(3-5-18)13(20)17(11)12/h1-2,7,14,18-19H,3-6,15H2. The van der Waals surface area contributed by atoms with Gasteiger partial charge in [0.05, 0.1) is 17.1 Å². The van der Waals surface area contributed by atoms with E-state index >= 15 is 0 Å². The van der Waals surface area contributed by atoms with Crippen molar-refractivity contribution < 1.29 is 10.2 Å². The van der Waals surface area contributed by atoms with E-state index in [-0.39, 0.29) is 37.3 Å². The largest absolute Gasteiger partial charge is 0.397 e. The molecule has 2 rings (SSSR count). The lowest BCUT2D eigenvalue weighted by molar-refractivity contribution is 0.291. The van der Waals surface area contributed by atoms with Crippen LogP contribution in [0.2, 0.25) is 0 Å². The van der Waals surface area contributed by atoms with Crippen LogP contribution in [-0.2, 0) is 12.8 Å². The van der Waals surface area contributed by atoms with Crippen LogP contribution >= 0.6 is 0 Å². The molecule has 0 bridgehead atoms. The second-order valence-corrected chi connectivity index (χ2v) is 4.30. The third-order valence-corrected chi connectivity index (χ3v) is 3.08. The molecule has 5 N–H and O–H groups in total. The molecule has 2 heterocycles. The number of hydrogen-bond donors (Lipinski definition) is 4. The van der Waals surface area contributed by atoms with Crippen LogP contribution in [0.1, 0.15) is 17.0 Å². The molecule has 20 heavy (non-hydrogen) atoms. The number of aromatic nitrogens is 2. The van der Waals surface area contributed by atoms with Gasteiger partial charge in [0.2, 0.25) is 0 Å². The fourth-order valence-corrected chi connectivity index (χ4v) is 2.17. The van der Waals surface area contributed by atoms with E-state index in [1.165, 1.54) is 4.40 Å². The first-order valence-electron chi connectivity index (χ1n) is 6.19. The van der Waals surface area contributed by atoms with Crippen molar-refractivity contribution in [2.24, 2.45) is 0 Å². The summed E-state index contributed by atoms with van der Waals surface area (Å²) in [5.74, 6) is 0. The number of rotatable bonds is 5. The molecule has 106 valence electrons. The molecule has 0 atom stereocenters. The minimum absolute atomic E-state index is 0.132. The lowest BCUT2D eigenvalue weighted by atomic mass is 10.1. The van der Waals surface area contributed by atoms with Crippen LogP contribution in [0.5, 0.6) is 0 Å². The van der Waals surface area contributed by atoms with Crippen LogP contribution in [0.15, 0.2) is 16.9 Å². The summed E-state index contributed by atoms with van der Waals surface area (Å²) in [5, 5.41) is 25.5. The number of nitrogens with two attached hydrogens (primary N) is 1. The molecule has 0 unspecified atom stereocenters. The monoisotopic (exact) mass is 276 g/mol. The Morgan fingerprint density at radius 3 is 2.60 bits per heavy atom. The third kappa shape index (κ3) is 2.28. The van der Waals surface area contributed by atoms with Gasteiger partial charge in [-0.1, -0.05) is 0 Å². The van der Waals surface area contributed by atoms with E-state index in [0.29, 0.717) is 22.6 Å². The second-order valence-electron chi connectivity index (χ2n) is 4.30. The number of fused-ring (bicyclic) bond motifs is 1. The number of anilines is 1. The average Bonchev–Trinajstić information content (AvgIpc) is 2.44. The first kappa shape index (κ1) is 14.2. The van der Waals surface area contributed by atoms with Gasteiger partial charge in [-0.15, -0.1) is 0 Å². The molecule has 0 aliphatic carbocycles. The van der Waals surface area contributed by atoms with Gasteiger partial charge >= 0.3 is 0 Å². The van der Waals surface area contributed by atoms with Gasteiger partial charge < -0.3 is 21.4 Å². The van der Waals surface area contributed by atoms with E-state index < -0.39 is 0 Å². The molecule has 2 aromatic heterocycles. The van der Waals surface area contributed by atoms with Crippen molar-refractivity contribution in [3.8, 4) is 0 Å². The van der Waals surface area contributed by atoms with Crippen LogP contribution in [0, 0.1) is 5.41 Å². The van der Waals surface area contributed by atoms with Crippen molar-refractivity contribution in [2.75, 3.05) is 18.9 Å². The van der Waals surface area contributed by atoms with E-state index in [1.54, 1.807) is 12.1 Å². The molecular formula is C13H16N4O3. The van der Waals surface area contributed by atoms with Gasteiger partial charge in [0, 0.05) is 37.8 Å². The van der Waals surface area contributed by atoms with Gasteiger partial charge in [-0.05, 0) is 12.1 Å². The van der Waals surface area contributed by atoms with Crippen molar-refractivity contribution in [1.82, 2.24) is 9.38 Å². The first-order valence-corrected chi connectivity index (χ1v) is 6.19. The summed E-state index contributed by atoms with van der Waals surface area (Å²) in [4.78, 5) is 16.8. The molecule has 0 radical (unpaired) electrons. The summed E-state index contributed by atoms with van der Waals surface area (Å²) in [5.41, 5.74) is 7.14. The van der Waals surface area contributed by atoms with Gasteiger partial charge in [0.15, 0.2) is 0 Å². The van der Waals surface area contributed by atoms with Crippen LogP contribution in [0.3, 0.4) is 0 Å². The lowest BCUT2D eigenvalue weighted by Gasteiger charge is -2.12. The van der Waals surface area contributed by atoms with Crippen LogP contribution in [0.25, 0.3) is 5.65 Å². The topological polar surface area (TPSA) is 125 Å². The average molecular weight is 276 g/mol. The highest BCUT2D eigenvalue weighted by Gasteiger charge is 2.14. The van der Waals surface area contributed by atoms with E-state index in [1.807, 2.05) is 0 Å². The van der Waals surface area contributed by atoms with Crippen LogP contribution in [-0.4, -0.2) is 39.0 Å². The number of aliphatic hydroxyl groups excluding tert-OH is 2. The van der Waals surface area contributed by atoms with Gasteiger partial charge in [0.1, 0.15) is 5.65 Å². The molecule has 0 aliphatic rings. The molecule has 2 aromatic rings. The predicted octanol–water partition coefficient (Wildman–Crippen LogP) is -0.656. The zero-order valence-electron chi connectivity index (χ0n) is 10.8. The Bertz CT molecular complexity index is 709. The normalized spacial score (nSPS) is 10.9. The molecule has 0 spiro atoms. The van der Waals surface area contributed by atoms with Crippen molar-refractivity contribution in [3.05, 3.63) is 39.4 Å². The summed E-state index contributed by atoms with van der Waals surface area (Å²) in [6.45, 7) is -0.322. The summed E-state index contributed by atoms with van der Waals surface area (Å²) < 4.78 is 1.26. The number of pyridine rings is 1. The van der Waals surface area contributed by atoms with Crippen molar-refractivity contribution >= 4 is 17.5 Å². The maximum Gasteiger partial charge on any atom is 0.262 e. The molecule has 0 aromatic carbocycles. The summed E-state index contributed by atoms with van der Waals surface area (Å²) in [6, 6.07) is 3.17. The molecule has 0 saturated heterocycles. The fraction of sp³-hybridized carbons (Fsp3) is 0.308. The Morgan fingerprint density at radius 1 is 1.30 bits per heavy atom. The zero-order valence-corrected chi connectivity index (χ0v) is 10.8. The van der Waals surface area contributed by atoms with E-state index in [2.05, 4.69) is 4.98 Å². The molecule has 0 fully saturated rings. The zero-order chi connectivity index (χ0) is 14.7. The minimum atomic E-state index is -0.363. The highest BCUT2D eigenvalue weighted by molar-refractivity contribution is 5.83. The highest BCUT2D eigenvalue weighted by Crippen LogP contribution is 2.13. The van der Waals surface area contributed by atoms with E-state index in [9.17, 15) is 4.79 Å². The minimum Gasteiger partial charge on any atom is -0.397 e. The maximum absolute atomic E-state index is 12.5. The smallest absolute Gasteiger partial charge is 0.262 e. The molecule has 7 nitrogen and oxygen atoms in total. The third-order valence-electron chi connectivity index (χ3n) is 3.08. The van der Waals surface area contributed by atoms with E-state index in [4.69, 9.17) is 21.4 Å². The number of aliphatic hydroxyl groups is 2. The second kappa shape index (κ2) is 5.81. The number of hydrogen-bond acceptors (Lipinski definition) is 6. The Morgan fingerprint density at radius 2 is 2.00 bits per heavy atom. The predicted molar refractivity (Wildman–Crippen MR) is 75.3 cm³/mol. The molecular weight excluding hydrogens is 260 g/mol. The summed E-state index contributed by atoms with van der Waals surface area (Å²) in [7, 11) is 0. The SMILES string of the molecule is N=Cc1c(N)ccc2nc(CCO)c(CCO)c(=O)n12. The van der Waals surface area contributed by atoms with E-state index in [0.717, 1.165) is 6.21 Å². The molecule has 7 heteroatoms. The van der Waals surface area contributed by atoms with Crippen molar-refractivity contribution in [2.45, 2.75) is 12.8 Å². The van der Waals surface area contributed by atoms with Crippen molar-refractivity contribution in [3.63, 3.8) is 0 Å². The van der Waals surface area contributed by atoms with Crippen molar-refractivity contribution in [1.29, 1.82) is 5.41 Å². The van der Waals surface area contributed by atoms with Crippen LogP contribution < -0.4 is 11.3 Å². The number of nitrogen functional groups attached to an aromatic ring is 1. The maximum atomic E-state index is 12.5. The Hall–Kier alpha value is -2.25. The quantitative estimate of drug-likeness (QED) is 0.540. The number of nitrogens with one attached hydrogen (secondary N) is 1. The van der Waals surface area contributed by atoms with Gasteiger partial charge in [-0.25, -0.2) is 4.98 Å². The van der Waals surface area contributed by atoms with Gasteiger partial charge in [0.25, 0.3) is 5.56 Å². The lowest BCUT2D eigenvalue weighted by Crippen LogP contribution is -2.26. The molecule has 0 amide bonds. The Kier molecular flexibility index (Phi) is 4.11. The summed E-state index contributed by atoms with van der Waals surface area (Å²) in [6.07, 6.45) is 1.39. The molecule has 0 saturated carbocycles. The fourth-order valence-electron chi connectivity index (χ4n) is 2.17. The Balaban J connectivity index is 2.87. The highest BCUT2D eigenvalue weighted by atomic mass is 16.3. The van der Waals surface area contributed by atoms with Gasteiger partial charge in [-0.2, -0.15) is 0 Å². The number of nitrogens with zero attached hydrogens (tertiary/aromatic N) is 2.